The molecule has 0 bridgehead atoms. The number of rotatable bonds is 11. The van der Waals surface area contributed by atoms with Gasteiger partial charge >= 0.3 is 5.97 Å². The molecule has 154 valence electrons. The van der Waals surface area contributed by atoms with Crippen molar-refractivity contribution in [2.24, 2.45) is 4.99 Å². The molecule has 0 atom stereocenters. The van der Waals surface area contributed by atoms with E-state index in [0.29, 0.717) is 6.42 Å². The highest BCUT2D eigenvalue weighted by atomic mass is 127. The molecule has 6 nitrogen and oxygen atoms in total. The first-order chi connectivity index (χ1) is 12.6. The summed E-state index contributed by atoms with van der Waals surface area (Å²) >= 11 is 0. The van der Waals surface area contributed by atoms with Crippen LogP contribution in [0.2, 0.25) is 0 Å². The zero-order valence-corrected chi connectivity index (χ0v) is 19.3. The molecule has 0 heterocycles. The van der Waals surface area contributed by atoms with Gasteiger partial charge in [-0.3, -0.25) is 9.79 Å². The minimum Gasteiger partial charge on any atom is -0.497 e. The number of esters is 1. The van der Waals surface area contributed by atoms with E-state index in [-0.39, 0.29) is 29.9 Å². The maximum absolute atomic E-state index is 11.1. The van der Waals surface area contributed by atoms with E-state index in [9.17, 15) is 4.79 Å². The number of benzene rings is 1. The van der Waals surface area contributed by atoms with Crippen molar-refractivity contribution < 1.29 is 14.3 Å². The molecule has 0 fully saturated rings. The monoisotopic (exact) mass is 491 g/mol. The molecule has 0 spiro atoms. The standard InChI is InChI=1S/C20H33N3O3.HI/c1-5-21-20(22-15-9-7-6-8-10-19(24)26-4)23(2)16-17-11-13-18(25-3)14-12-17;/h11-14H,5-10,15-16H2,1-4H3,(H,21,22);1H. The van der Waals surface area contributed by atoms with Gasteiger partial charge < -0.3 is 19.7 Å². The van der Waals surface area contributed by atoms with Gasteiger partial charge in [0, 0.05) is 33.1 Å². The third-order valence-corrected chi connectivity index (χ3v) is 4.05. The van der Waals surface area contributed by atoms with E-state index in [1.54, 1.807) is 7.11 Å². The van der Waals surface area contributed by atoms with E-state index < -0.39 is 0 Å². The van der Waals surface area contributed by atoms with E-state index in [2.05, 4.69) is 34.0 Å². The lowest BCUT2D eigenvalue weighted by Gasteiger charge is -2.22. The van der Waals surface area contributed by atoms with Gasteiger partial charge in [0.15, 0.2) is 5.96 Å². The number of unbranched alkanes of at least 4 members (excludes halogenated alkanes) is 3. The van der Waals surface area contributed by atoms with Crippen molar-refractivity contribution in [2.45, 2.75) is 45.6 Å². The quantitative estimate of drug-likeness (QED) is 0.168. The summed E-state index contributed by atoms with van der Waals surface area (Å²) in [5.74, 6) is 1.65. The van der Waals surface area contributed by atoms with Crippen LogP contribution in [0, 0.1) is 0 Å². The third kappa shape index (κ3) is 11.0. The number of hydrogen-bond donors (Lipinski definition) is 1. The first kappa shape index (κ1) is 25.5. The zero-order valence-electron chi connectivity index (χ0n) is 17.0. The fourth-order valence-electron chi connectivity index (χ4n) is 2.57. The molecule has 1 aromatic carbocycles. The summed E-state index contributed by atoms with van der Waals surface area (Å²) in [5.41, 5.74) is 1.21. The predicted molar refractivity (Wildman–Crippen MR) is 121 cm³/mol. The molecule has 0 amide bonds. The number of methoxy groups -OCH3 is 2. The van der Waals surface area contributed by atoms with Gasteiger partial charge in [-0.15, -0.1) is 24.0 Å². The number of halogens is 1. The first-order valence-corrected chi connectivity index (χ1v) is 9.29. The minimum atomic E-state index is -0.127. The highest BCUT2D eigenvalue weighted by Crippen LogP contribution is 2.12. The van der Waals surface area contributed by atoms with Gasteiger partial charge in [-0.1, -0.05) is 25.0 Å². The van der Waals surface area contributed by atoms with Crippen LogP contribution in [0.1, 0.15) is 44.6 Å². The van der Waals surface area contributed by atoms with Crippen LogP contribution in [0.15, 0.2) is 29.3 Å². The van der Waals surface area contributed by atoms with Crippen molar-refractivity contribution in [1.82, 2.24) is 10.2 Å². The fourth-order valence-corrected chi connectivity index (χ4v) is 2.57. The van der Waals surface area contributed by atoms with Crippen molar-refractivity contribution in [3.63, 3.8) is 0 Å². The zero-order chi connectivity index (χ0) is 19.2. The van der Waals surface area contributed by atoms with Gasteiger partial charge in [0.05, 0.1) is 14.2 Å². The second kappa shape index (κ2) is 15.5. The van der Waals surface area contributed by atoms with Gasteiger partial charge in [-0.2, -0.15) is 0 Å². The molecule has 0 saturated carbocycles. The van der Waals surface area contributed by atoms with E-state index in [0.717, 1.165) is 57.0 Å². The lowest BCUT2D eigenvalue weighted by atomic mass is 10.1. The van der Waals surface area contributed by atoms with Gasteiger partial charge in [-0.05, 0) is 37.5 Å². The van der Waals surface area contributed by atoms with Gasteiger partial charge in [0.25, 0.3) is 0 Å². The molecule has 0 aliphatic rings. The number of carbonyl (C=O) groups is 1. The second-order valence-electron chi connectivity index (χ2n) is 6.18. The fraction of sp³-hybridized carbons (Fsp3) is 0.600. The van der Waals surface area contributed by atoms with Crippen molar-refractivity contribution >= 4 is 35.9 Å². The average Bonchev–Trinajstić information content (AvgIpc) is 2.66. The average molecular weight is 491 g/mol. The molecule has 1 rings (SSSR count). The molecule has 1 N–H and O–H groups in total. The lowest BCUT2D eigenvalue weighted by molar-refractivity contribution is -0.140. The van der Waals surface area contributed by atoms with Gasteiger partial charge in [0.1, 0.15) is 5.75 Å². The topological polar surface area (TPSA) is 63.2 Å². The first-order valence-electron chi connectivity index (χ1n) is 9.29. The summed E-state index contributed by atoms with van der Waals surface area (Å²) in [7, 11) is 5.15. The highest BCUT2D eigenvalue weighted by Gasteiger charge is 2.06. The number of aliphatic imine (C=N–C) groups is 1. The smallest absolute Gasteiger partial charge is 0.305 e. The van der Waals surface area contributed by atoms with Crippen molar-refractivity contribution in [1.29, 1.82) is 0 Å². The Morgan fingerprint density at radius 2 is 1.78 bits per heavy atom. The Bertz CT molecular complexity index is 550. The van der Waals surface area contributed by atoms with Crippen LogP contribution in [0.25, 0.3) is 0 Å². The number of ether oxygens (including phenoxy) is 2. The van der Waals surface area contributed by atoms with Crippen LogP contribution in [0.5, 0.6) is 5.75 Å². The Morgan fingerprint density at radius 1 is 1.11 bits per heavy atom. The molecule has 0 aliphatic carbocycles. The molecule has 27 heavy (non-hydrogen) atoms. The van der Waals surface area contributed by atoms with Crippen LogP contribution >= 0.6 is 24.0 Å². The number of hydrogen-bond acceptors (Lipinski definition) is 4. The van der Waals surface area contributed by atoms with Gasteiger partial charge in [0.2, 0.25) is 0 Å². The Balaban J connectivity index is 0.00000676. The van der Waals surface area contributed by atoms with Crippen LogP contribution in [0.3, 0.4) is 0 Å². The summed E-state index contributed by atoms with van der Waals surface area (Å²) in [6.07, 6.45) is 4.51. The van der Waals surface area contributed by atoms with Crippen LogP contribution in [0.4, 0.5) is 0 Å². The summed E-state index contributed by atoms with van der Waals surface area (Å²) in [6.45, 7) is 4.48. The minimum absolute atomic E-state index is 0. The molecule has 0 aliphatic heterocycles. The number of nitrogens with one attached hydrogen (secondary N) is 1. The van der Waals surface area contributed by atoms with Crippen molar-refractivity contribution in [2.75, 3.05) is 34.4 Å². The van der Waals surface area contributed by atoms with E-state index >= 15 is 0 Å². The van der Waals surface area contributed by atoms with E-state index in [1.807, 2.05) is 19.2 Å². The highest BCUT2D eigenvalue weighted by molar-refractivity contribution is 14.0. The molecule has 0 aromatic heterocycles. The summed E-state index contributed by atoms with van der Waals surface area (Å²) in [5, 5.41) is 3.34. The number of carbonyl (C=O) groups excluding carboxylic acids is 1. The summed E-state index contributed by atoms with van der Waals surface area (Å²) in [6, 6.07) is 8.09. The predicted octanol–water partition coefficient (Wildman–Crippen LogP) is 3.83. The third-order valence-electron chi connectivity index (χ3n) is 4.05. The van der Waals surface area contributed by atoms with Crippen LogP contribution in [-0.4, -0.2) is 51.2 Å². The Morgan fingerprint density at radius 3 is 2.37 bits per heavy atom. The maximum Gasteiger partial charge on any atom is 0.305 e. The van der Waals surface area contributed by atoms with Crippen LogP contribution in [-0.2, 0) is 16.1 Å². The molecule has 0 unspecified atom stereocenters. The summed E-state index contributed by atoms with van der Waals surface area (Å²) < 4.78 is 9.84. The normalized spacial score (nSPS) is 10.7. The number of guanidine groups is 1. The van der Waals surface area contributed by atoms with E-state index in [1.165, 1.54) is 12.7 Å². The van der Waals surface area contributed by atoms with Gasteiger partial charge in [-0.25, -0.2) is 0 Å². The molecular weight excluding hydrogens is 457 g/mol. The summed E-state index contributed by atoms with van der Waals surface area (Å²) in [4.78, 5) is 17.9. The molecule has 1 aromatic rings. The van der Waals surface area contributed by atoms with E-state index in [4.69, 9.17) is 9.73 Å². The largest absolute Gasteiger partial charge is 0.497 e. The SMILES string of the molecule is CCNC(=NCCCCCCC(=O)OC)N(C)Cc1ccc(OC)cc1.I. The maximum atomic E-state index is 11.1. The van der Waals surface area contributed by atoms with Crippen molar-refractivity contribution in [3.8, 4) is 5.75 Å². The number of nitrogens with zero attached hydrogens (tertiary/aromatic N) is 2. The second-order valence-corrected chi connectivity index (χ2v) is 6.18. The molecular formula is C20H34IN3O3. The Kier molecular flexibility index (Phi) is 14.7. The Labute approximate surface area is 180 Å². The van der Waals surface area contributed by atoms with Crippen molar-refractivity contribution in [3.05, 3.63) is 29.8 Å². The lowest BCUT2D eigenvalue weighted by Crippen LogP contribution is -2.38. The molecule has 0 radical (unpaired) electrons. The Hall–Kier alpha value is -1.51. The van der Waals surface area contributed by atoms with Crippen LogP contribution < -0.4 is 10.1 Å². The molecule has 7 heteroatoms. The molecule has 0 saturated heterocycles.